The zero-order chi connectivity index (χ0) is 10.1. The third kappa shape index (κ3) is 1.72. The van der Waals surface area contributed by atoms with Gasteiger partial charge in [-0.05, 0) is 24.6 Å². The highest BCUT2D eigenvalue weighted by atomic mass is 32.1. The molecule has 14 heavy (non-hydrogen) atoms. The van der Waals surface area contributed by atoms with Crippen molar-refractivity contribution in [1.29, 1.82) is 0 Å². The third-order valence-corrected chi connectivity index (χ3v) is 2.89. The second kappa shape index (κ2) is 3.78. The molecule has 0 saturated carbocycles. The average molecular weight is 214 g/mol. The Labute approximate surface area is 87.4 Å². The monoisotopic (exact) mass is 214 g/mol. The Morgan fingerprint density at radius 1 is 1.64 bits per heavy atom. The number of aromatic amines is 1. The van der Waals surface area contributed by atoms with Crippen LogP contribution >= 0.6 is 12.2 Å². The number of nitrogens with one attached hydrogen (secondary N) is 1. The van der Waals surface area contributed by atoms with E-state index in [1.54, 1.807) is 4.68 Å². The van der Waals surface area contributed by atoms with E-state index in [1.807, 2.05) is 0 Å². The number of nitrogens with zero attached hydrogens (tertiary/aromatic N) is 3. The van der Waals surface area contributed by atoms with Crippen LogP contribution in [-0.4, -0.2) is 32.9 Å². The van der Waals surface area contributed by atoms with Crippen LogP contribution in [0.4, 0.5) is 0 Å². The van der Waals surface area contributed by atoms with E-state index in [2.05, 4.69) is 29.4 Å². The van der Waals surface area contributed by atoms with E-state index in [4.69, 9.17) is 17.0 Å². The Morgan fingerprint density at radius 2 is 2.43 bits per heavy atom. The summed E-state index contributed by atoms with van der Waals surface area (Å²) in [4.78, 5) is 0. The summed E-state index contributed by atoms with van der Waals surface area (Å²) in [6, 6.07) is 0.268. The van der Waals surface area contributed by atoms with Gasteiger partial charge >= 0.3 is 0 Å². The van der Waals surface area contributed by atoms with Crippen LogP contribution in [0.1, 0.15) is 26.3 Å². The molecule has 6 heteroatoms. The fourth-order valence-corrected chi connectivity index (χ4v) is 1.96. The minimum atomic E-state index is 0.268. The summed E-state index contributed by atoms with van der Waals surface area (Å²) in [5.74, 6) is 0.546. The summed E-state index contributed by atoms with van der Waals surface area (Å²) < 4.78 is 7.97. The van der Waals surface area contributed by atoms with Crippen LogP contribution in [0.25, 0.3) is 0 Å². The minimum Gasteiger partial charge on any atom is -0.376 e. The van der Waals surface area contributed by atoms with Crippen molar-refractivity contribution >= 4 is 12.2 Å². The largest absolute Gasteiger partial charge is 0.376 e. The Balaban J connectivity index is 2.10. The van der Waals surface area contributed by atoms with Crippen molar-refractivity contribution in [2.75, 3.05) is 6.61 Å². The van der Waals surface area contributed by atoms with Gasteiger partial charge in [-0.2, -0.15) is 5.21 Å². The maximum Gasteiger partial charge on any atom is 0.238 e. The number of rotatable bonds is 2. The molecule has 1 aromatic rings. The lowest BCUT2D eigenvalue weighted by Crippen LogP contribution is -2.14. The Morgan fingerprint density at radius 3 is 2.93 bits per heavy atom. The fourth-order valence-electron chi connectivity index (χ4n) is 1.73. The summed E-state index contributed by atoms with van der Waals surface area (Å²) >= 11 is 5.03. The van der Waals surface area contributed by atoms with Gasteiger partial charge in [0.2, 0.25) is 4.77 Å². The van der Waals surface area contributed by atoms with E-state index >= 15 is 0 Å². The van der Waals surface area contributed by atoms with Crippen LogP contribution in [0.3, 0.4) is 0 Å². The van der Waals surface area contributed by atoms with Gasteiger partial charge in [0.1, 0.15) is 0 Å². The molecule has 1 aromatic heterocycles. The molecule has 2 atom stereocenters. The quantitative estimate of drug-likeness (QED) is 0.754. The SMILES string of the molecule is CC(C)C1CC(n2[nH]nnc2=S)CO1. The topological polar surface area (TPSA) is 55.7 Å². The summed E-state index contributed by atoms with van der Waals surface area (Å²) in [6.45, 7) is 5.02. The van der Waals surface area contributed by atoms with Crippen molar-refractivity contribution in [3.63, 3.8) is 0 Å². The van der Waals surface area contributed by atoms with Gasteiger partial charge < -0.3 is 4.74 Å². The second-order valence-electron chi connectivity index (χ2n) is 3.96. The summed E-state index contributed by atoms with van der Waals surface area (Å²) in [5, 5.41) is 10.2. The summed E-state index contributed by atoms with van der Waals surface area (Å²) in [5.41, 5.74) is 0. The molecule has 0 aromatic carbocycles. The van der Waals surface area contributed by atoms with Crippen LogP contribution < -0.4 is 0 Å². The molecule has 1 aliphatic rings. The molecule has 78 valence electrons. The lowest BCUT2D eigenvalue weighted by Gasteiger charge is -2.12. The number of H-pyrrole nitrogens is 1. The van der Waals surface area contributed by atoms with Gasteiger partial charge in [-0.25, -0.2) is 4.68 Å². The molecular weight excluding hydrogens is 200 g/mol. The normalized spacial score (nSPS) is 27.4. The van der Waals surface area contributed by atoms with E-state index < -0.39 is 0 Å². The third-order valence-electron chi connectivity index (χ3n) is 2.61. The number of ether oxygens (including phenoxy) is 1. The number of hydrogen-bond donors (Lipinski definition) is 1. The zero-order valence-corrected chi connectivity index (χ0v) is 9.12. The van der Waals surface area contributed by atoms with Crippen molar-refractivity contribution < 1.29 is 4.74 Å². The standard InChI is InChI=1S/C8H14N4OS/c1-5(2)7-3-6(4-13-7)12-8(14)9-10-11-12/h5-7H,3-4H2,1-2H3,(H,9,11,14). The van der Waals surface area contributed by atoms with Gasteiger partial charge in [-0.1, -0.05) is 24.2 Å². The highest BCUT2D eigenvalue weighted by Crippen LogP contribution is 2.27. The van der Waals surface area contributed by atoms with Gasteiger partial charge in [0, 0.05) is 0 Å². The van der Waals surface area contributed by atoms with Gasteiger partial charge in [-0.3, -0.25) is 0 Å². The minimum absolute atomic E-state index is 0.268. The van der Waals surface area contributed by atoms with Crippen LogP contribution in [0.2, 0.25) is 0 Å². The molecule has 1 aliphatic heterocycles. The van der Waals surface area contributed by atoms with E-state index in [1.165, 1.54) is 0 Å². The van der Waals surface area contributed by atoms with Gasteiger partial charge in [-0.15, -0.1) is 0 Å². The Kier molecular flexibility index (Phi) is 2.64. The molecule has 1 saturated heterocycles. The van der Waals surface area contributed by atoms with Crippen molar-refractivity contribution in [3.8, 4) is 0 Å². The lowest BCUT2D eigenvalue weighted by atomic mass is 10.0. The van der Waals surface area contributed by atoms with E-state index in [-0.39, 0.29) is 6.04 Å². The predicted molar refractivity (Wildman–Crippen MR) is 53.4 cm³/mol. The highest BCUT2D eigenvalue weighted by molar-refractivity contribution is 7.71. The molecule has 2 rings (SSSR count). The van der Waals surface area contributed by atoms with Crippen LogP contribution in [0, 0.1) is 10.7 Å². The lowest BCUT2D eigenvalue weighted by molar-refractivity contribution is 0.0730. The first-order chi connectivity index (χ1) is 6.68. The van der Waals surface area contributed by atoms with Crippen molar-refractivity contribution in [1.82, 2.24) is 20.2 Å². The predicted octanol–water partition coefficient (Wildman–Crippen LogP) is 1.32. The maximum atomic E-state index is 5.66. The van der Waals surface area contributed by atoms with E-state index in [0.717, 1.165) is 6.42 Å². The summed E-state index contributed by atoms with van der Waals surface area (Å²) in [7, 11) is 0. The molecule has 5 nitrogen and oxygen atoms in total. The molecular formula is C8H14N4OS. The average Bonchev–Trinajstić information content (AvgIpc) is 2.71. The zero-order valence-electron chi connectivity index (χ0n) is 8.30. The van der Waals surface area contributed by atoms with Gasteiger partial charge in [0.15, 0.2) is 0 Å². The van der Waals surface area contributed by atoms with Crippen molar-refractivity contribution in [2.45, 2.75) is 32.4 Å². The fraction of sp³-hybridized carbons (Fsp3) is 0.875. The summed E-state index contributed by atoms with van der Waals surface area (Å²) in [6.07, 6.45) is 1.31. The van der Waals surface area contributed by atoms with Crippen LogP contribution in [0.15, 0.2) is 0 Å². The maximum absolute atomic E-state index is 5.66. The van der Waals surface area contributed by atoms with Crippen molar-refractivity contribution in [2.24, 2.45) is 5.92 Å². The molecule has 1 fully saturated rings. The number of hydrogen-bond acceptors (Lipinski definition) is 4. The first kappa shape index (κ1) is 9.79. The van der Waals surface area contributed by atoms with Gasteiger partial charge in [0.05, 0.1) is 18.8 Å². The number of aromatic nitrogens is 4. The first-order valence-electron chi connectivity index (χ1n) is 4.79. The first-order valence-corrected chi connectivity index (χ1v) is 5.20. The molecule has 0 radical (unpaired) electrons. The smallest absolute Gasteiger partial charge is 0.238 e. The van der Waals surface area contributed by atoms with Crippen molar-refractivity contribution in [3.05, 3.63) is 4.77 Å². The van der Waals surface area contributed by atoms with E-state index in [9.17, 15) is 0 Å². The molecule has 0 bridgehead atoms. The Hall–Kier alpha value is -0.750. The van der Waals surface area contributed by atoms with Crippen LogP contribution in [0.5, 0.6) is 0 Å². The molecule has 2 heterocycles. The van der Waals surface area contributed by atoms with E-state index in [0.29, 0.717) is 23.4 Å². The van der Waals surface area contributed by atoms with Crippen LogP contribution in [-0.2, 0) is 4.74 Å². The highest BCUT2D eigenvalue weighted by Gasteiger charge is 2.29. The molecule has 1 N–H and O–H groups in total. The molecule has 2 unspecified atom stereocenters. The molecule has 0 amide bonds. The molecule has 0 spiro atoms. The second-order valence-corrected chi connectivity index (χ2v) is 4.32. The molecule has 0 aliphatic carbocycles. The number of tetrazole rings is 1. The van der Waals surface area contributed by atoms with Gasteiger partial charge in [0.25, 0.3) is 0 Å². The Bertz CT molecular complexity index is 358.